The Kier molecular flexibility index (Phi) is 6.99. The van der Waals surface area contributed by atoms with Crippen LogP contribution in [0.1, 0.15) is 22.3 Å². The second-order valence-electron chi connectivity index (χ2n) is 9.14. The zero-order valence-corrected chi connectivity index (χ0v) is 19.6. The van der Waals surface area contributed by atoms with Crippen molar-refractivity contribution in [3.8, 4) is 11.1 Å². The first kappa shape index (κ1) is 24.0. The Balaban J connectivity index is 1.38. The van der Waals surface area contributed by atoms with Crippen LogP contribution in [0, 0.1) is 5.82 Å². The number of benzene rings is 2. The van der Waals surface area contributed by atoms with Crippen LogP contribution in [0.5, 0.6) is 0 Å². The van der Waals surface area contributed by atoms with Crippen LogP contribution < -0.4 is 0 Å². The number of halogens is 3. The first-order valence-electron chi connectivity index (χ1n) is 11.9. The van der Waals surface area contributed by atoms with Crippen LogP contribution in [0.15, 0.2) is 67.1 Å². The van der Waals surface area contributed by atoms with Gasteiger partial charge < -0.3 is 4.90 Å². The maximum absolute atomic E-state index is 13.9. The molecule has 36 heavy (non-hydrogen) atoms. The lowest BCUT2D eigenvalue weighted by molar-refractivity contribution is 0.0571. The van der Waals surface area contributed by atoms with Crippen molar-refractivity contribution < 1.29 is 18.0 Å². The third-order valence-corrected chi connectivity index (χ3v) is 6.48. The number of likely N-dealkylation sites (tertiary alicyclic amines) is 1. The van der Waals surface area contributed by atoms with Crippen molar-refractivity contribution in [3.05, 3.63) is 84.1 Å². The second kappa shape index (κ2) is 10.5. The zero-order valence-electron chi connectivity index (χ0n) is 19.6. The number of hydrogen-bond donors (Lipinski definition) is 1. The average Bonchev–Trinajstić information content (AvgIpc) is 3.36. The van der Waals surface area contributed by atoms with Gasteiger partial charge in [-0.05, 0) is 35.4 Å². The van der Waals surface area contributed by atoms with Gasteiger partial charge in [0.05, 0.1) is 11.7 Å². The molecule has 0 radical (unpaired) electrons. The van der Waals surface area contributed by atoms with E-state index in [1.165, 1.54) is 12.1 Å². The van der Waals surface area contributed by atoms with E-state index in [9.17, 15) is 18.0 Å². The van der Waals surface area contributed by atoms with E-state index in [1.54, 1.807) is 64.8 Å². The summed E-state index contributed by atoms with van der Waals surface area (Å²) in [5.41, 5.74) is 3.55. The van der Waals surface area contributed by atoms with Gasteiger partial charge in [0.25, 0.3) is 5.91 Å². The van der Waals surface area contributed by atoms with Crippen molar-refractivity contribution in [2.45, 2.75) is 25.3 Å². The van der Waals surface area contributed by atoms with E-state index in [0.717, 1.165) is 27.6 Å². The van der Waals surface area contributed by atoms with Crippen LogP contribution in [-0.2, 0) is 6.54 Å². The second-order valence-corrected chi connectivity index (χ2v) is 9.14. The molecular formula is C27H26F3N5O. The third kappa shape index (κ3) is 5.41. The Morgan fingerprint density at radius 1 is 1.03 bits per heavy atom. The van der Waals surface area contributed by atoms with E-state index in [1.807, 2.05) is 0 Å². The monoisotopic (exact) mass is 493 g/mol. The lowest BCUT2D eigenvalue weighted by Gasteiger charge is -2.33. The summed E-state index contributed by atoms with van der Waals surface area (Å²) in [5.74, 6) is -0.549. The molecule has 5 rings (SSSR count). The predicted molar refractivity (Wildman–Crippen MR) is 131 cm³/mol. The van der Waals surface area contributed by atoms with Crippen LogP contribution in [-0.4, -0.2) is 69.4 Å². The summed E-state index contributed by atoms with van der Waals surface area (Å²) < 4.78 is 41.5. The Bertz CT molecular complexity index is 1330. The quantitative estimate of drug-likeness (QED) is 0.402. The summed E-state index contributed by atoms with van der Waals surface area (Å²) in [6.45, 7) is 1.20. The third-order valence-electron chi connectivity index (χ3n) is 6.48. The zero-order chi connectivity index (χ0) is 25.1. The van der Waals surface area contributed by atoms with Gasteiger partial charge >= 0.3 is 0 Å². The number of alkyl halides is 2. The molecule has 2 aromatic heterocycles. The van der Waals surface area contributed by atoms with Gasteiger partial charge in [-0.2, -0.15) is 5.10 Å². The largest absolute Gasteiger partial charge is 0.333 e. The van der Waals surface area contributed by atoms with E-state index >= 15 is 0 Å². The molecule has 0 spiro atoms. The molecular weight excluding hydrogens is 467 g/mol. The molecule has 3 heterocycles. The van der Waals surface area contributed by atoms with Gasteiger partial charge in [0, 0.05) is 68.1 Å². The molecule has 1 aliphatic heterocycles. The first-order chi connectivity index (χ1) is 17.5. The number of carbonyl (C=O) groups excluding carboxylic acids is 1. The number of fused-ring (bicyclic) bond motifs is 1. The highest BCUT2D eigenvalue weighted by Crippen LogP contribution is 2.23. The number of amides is 1. The van der Waals surface area contributed by atoms with Gasteiger partial charge in [0.2, 0.25) is 0 Å². The van der Waals surface area contributed by atoms with Crippen molar-refractivity contribution in [2.24, 2.45) is 0 Å². The number of piperidine rings is 1. The number of aromatic amines is 1. The smallest absolute Gasteiger partial charge is 0.254 e. The fourth-order valence-electron chi connectivity index (χ4n) is 4.66. The maximum Gasteiger partial charge on any atom is 0.254 e. The Morgan fingerprint density at radius 2 is 1.81 bits per heavy atom. The van der Waals surface area contributed by atoms with E-state index in [4.69, 9.17) is 0 Å². The van der Waals surface area contributed by atoms with E-state index in [2.05, 4.69) is 15.2 Å². The summed E-state index contributed by atoms with van der Waals surface area (Å²) in [4.78, 5) is 21.2. The number of pyridine rings is 1. The highest BCUT2D eigenvalue weighted by molar-refractivity contribution is 5.95. The molecule has 186 valence electrons. The highest BCUT2D eigenvalue weighted by Gasteiger charge is 2.28. The summed E-state index contributed by atoms with van der Waals surface area (Å²) in [5, 5.41) is 7.85. The minimum Gasteiger partial charge on any atom is -0.333 e. The van der Waals surface area contributed by atoms with Crippen molar-refractivity contribution in [2.75, 3.05) is 26.2 Å². The molecule has 0 aliphatic carbocycles. The van der Waals surface area contributed by atoms with E-state index in [-0.39, 0.29) is 44.3 Å². The molecule has 0 bridgehead atoms. The number of H-pyrrole nitrogens is 1. The van der Waals surface area contributed by atoms with Crippen molar-refractivity contribution in [1.82, 2.24) is 25.0 Å². The van der Waals surface area contributed by atoms with Gasteiger partial charge in [-0.3, -0.25) is 19.8 Å². The summed E-state index contributed by atoms with van der Waals surface area (Å²) in [6.07, 6.45) is 2.54. The number of aromatic nitrogens is 3. The lowest BCUT2D eigenvalue weighted by Crippen LogP contribution is -2.46. The van der Waals surface area contributed by atoms with Gasteiger partial charge in [0.15, 0.2) is 0 Å². The Morgan fingerprint density at radius 3 is 2.56 bits per heavy atom. The van der Waals surface area contributed by atoms with Gasteiger partial charge in [0.1, 0.15) is 18.2 Å². The normalized spacial score (nSPS) is 18.4. The molecule has 1 N–H and O–H groups in total. The minimum absolute atomic E-state index is 0.0791. The molecule has 6 nitrogen and oxygen atoms in total. The molecule has 0 unspecified atom stereocenters. The Labute approximate surface area is 206 Å². The molecule has 1 fully saturated rings. The van der Waals surface area contributed by atoms with Gasteiger partial charge in [-0.25, -0.2) is 13.2 Å². The van der Waals surface area contributed by atoms with Crippen LogP contribution in [0.4, 0.5) is 13.2 Å². The van der Waals surface area contributed by atoms with Gasteiger partial charge in [-0.1, -0.05) is 24.3 Å². The lowest BCUT2D eigenvalue weighted by atomic mass is 10.0. The molecule has 2 aromatic carbocycles. The van der Waals surface area contributed by atoms with Crippen molar-refractivity contribution in [3.63, 3.8) is 0 Å². The van der Waals surface area contributed by atoms with E-state index < -0.39 is 12.3 Å². The molecule has 9 heteroatoms. The summed E-state index contributed by atoms with van der Waals surface area (Å²) in [7, 11) is 0. The van der Waals surface area contributed by atoms with Crippen molar-refractivity contribution >= 4 is 16.8 Å². The topological polar surface area (TPSA) is 65.1 Å². The average molecular weight is 494 g/mol. The number of rotatable bonds is 7. The molecule has 2 atom stereocenters. The van der Waals surface area contributed by atoms with Crippen LogP contribution in [0.25, 0.3) is 22.0 Å². The molecule has 4 aromatic rings. The number of carbonyl (C=O) groups is 1. The van der Waals surface area contributed by atoms with Crippen molar-refractivity contribution in [1.29, 1.82) is 0 Å². The summed E-state index contributed by atoms with van der Waals surface area (Å²) >= 11 is 0. The van der Waals surface area contributed by atoms with Crippen LogP contribution >= 0.6 is 0 Å². The molecule has 1 amide bonds. The van der Waals surface area contributed by atoms with Crippen LogP contribution in [0.2, 0.25) is 0 Å². The molecule has 1 aliphatic rings. The number of hydrogen-bond acceptors (Lipinski definition) is 4. The SMILES string of the molecule is O=C(c1ccc(-c2cccc(F)c2)cc1)N(CCN1C[C@@H](F)C[C@H](F)C1)Cc1cncc2cn[nH]c12. The predicted octanol–water partition coefficient (Wildman–Crippen LogP) is 4.79. The standard InChI is InChI=1S/C27H26F3N5O/c28-23-3-1-2-20(10-23)18-4-6-19(7-5-18)27(36)35(9-8-34-16-24(29)11-25(30)17-34)15-22-13-31-12-21-14-32-33-26(21)22/h1-7,10,12-14,24-25H,8-9,11,15-17H2,(H,32,33)/t24-,25-/m0/s1. The van der Waals surface area contributed by atoms with Gasteiger partial charge in [-0.15, -0.1) is 0 Å². The highest BCUT2D eigenvalue weighted by atomic mass is 19.1. The van der Waals surface area contributed by atoms with Crippen LogP contribution in [0.3, 0.4) is 0 Å². The number of nitrogens with zero attached hydrogens (tertiary/aromatic N) is 4. The molecule has 0 saturated carbocycles. The first-order valence-corrected chi connectivity index (χ1v) is 11.9. The number of nitrogens with one attached hydrogen (secondary N) is 1. The minimum atomic E-state index is -1.21. The summed E-state index contributed by atoms with van der Waals surface area (Å²) in [6, 6.07) is 13.2. The fourth-order valence-corrected chi connectivity index (χ4v) is 4.66. The van der Waals surface area contributed by atoms with E-state index in [0.29, 0.717) is 12.1 Å². The Hall–Kier alpha value is -3.72. The fraction of sp³-hybridized carbons (Fsp3) is 0.296. The molecule has 1 saturated heterocycles. The maximum atomic E-state index is 13.9.